The van der Waals surface area contributed by atoms with Crippen molar-refractivity contribution in [2.45, 2.75) is 13.5 Å². The van der Waals surface area contributed by atoms with Gasteiger partial charge in [0.05, 0.1) is 12.3 Å². The van der Waals surface area contributed by atoms with E-state index in [0.717, 1.165) is 11.3 Å². The summed E-state index contributed by atoms with van der Waals surface area (Å²) in [5, 5.41) is 12.5. The number of rotatable bonds is 5. The standard InChI is InChI=1S/C16H18FN2O3P.V/c1-2-22-16(21)18-14-8-7-13(9-15(14)20)19(23)10-11-3-5-12(17)6-4-11;/h3-9,20H,2,10,23H2,1H3,(H,18,21);. The quantitative estimate of drug-likeness (QED) is 0.604. The van der Waals surface area contributed by atoms with Crippen LogP contribution in [0.25, 0.3) is 0 Å². The molecule has 2 rings (SSSR count). The van der Waals surface area contributed by atoms with E-state index in [2.05, 4.69) is 14.7 Å². The fraction of sp³-hybridized carbons (Fsp3) is 0.188. The van der Waals surface area contributed by atoms with Crippen molar-refractivity contribution in [2.75, 3.05) is 16.6 Å². The van der Waals surface area contributed by atoms with Crippen LogP contribution in [0.2, 0.25) is 0 Å². The second kappa shape index (κ2) is 9.53. The third kappa shape index (κ3) is 5.71. The summed E-state index contributed by atoms with van der Waals surface area (Å²) in [6.45, 7) is 2.47. The van der Waals surface area contributed by atoms with Gasteiger partial charge in [-0.25, -0.2) is 9.18 Å². The van der Waals surface area contributed by atoms with Crippen molar-refractivity contribution < 1.29 is 37.6 Å². The van der Waals surface area contributed by atoms with Crippen LogP contribution in [0.5, 0.6) is 5.75 Å². The molecule has 127 valence electrons. The smallest absolute Gasteiger partial charge is 0.411 e. The Bertz CT molecular complexity index is 686. The fourth-order valence-corrected chi connectivity index (χ4v) is 2.33. The summed E-state index contributed by atoms with van der Waals surface area (Å²) < 4.78 is 19.5. The van der Waals surface area contributed by atoms with Gasteiger partial charge in [-0.05, 0) is 46.1 Å². The average Bonchev–Trinajstić information content (AvgIpc) is 2.51. The van der Waals surface area contributed by atoms with Crippen molar-refractivity contribution in [2.24, 2.45) is 0 Å². The predicted octanol–water partition coefficient (Wildman–Crippen LogP) is 3.89. The van der Waals surface area contributed by atoms with E-state index in [1.165, 1.54) is 18.2 Å². The number of amides is 1. The van der Waals surface area contributed by atoms with E-state index in [0.29, 0.717) is 6.54 Å². The summed E-state index contributed by atoms with van der Waals surface area (Å²) in [6, 6.07) is 11.1. The molecular formula is C16H18FN2O3PV. The van der Waals surface area contributed by atoms with Gasteiger partial charge < -0.3 is 14.5 Å². The van der Waals surface area contributed by atoms with Crippen LogP contribution in [0.15, 0.2) is 42.5 Å². The molecule has 1 atom stereocenters. The predicted molar refractivity (Wildman–Crippen MR) is 91.0 cm³/mol. The summed E-state index contributed by atoms with van der Waals surface area (Å²) in [4.78, 5) is 11.4. The van der Waals surface area contributed by atoms with Gasteiger partial charge in [-0.3, -0.25) is 5.32 Å². The molecule has 0 fully saturated rings. The van der Waals surface area contributed by atoms with E-state index >= 15 is 0 Å². The number of halogens is 1. The number of carbonyl (C=O) groups excluding carboxylic acids is 1. The molecule has 1 radical (unpaired) electrons. The summed E-state index contributed by atoms with van der Waals surface area (Å²) in [7, 11) is 2.54. The van der Waals surface area contributed by atoms with Crippen LogP contribution in [-0.4, -0.2) is 17.8 Å². The van der Waals surface area contributed by atoms with Crippen LogP contribution in [0, 0.1) is 5.82 Å². The first kappa shape index (κ1) is 20.3. The van der Waals surface area contributed by atoms with Crippen LogP contribution in [-0.2, 0) is 29.8 Å². The van der Waals surface area contributed by atoms with Crippen molar-refractivity contribution in [1.29, 1.82) is 0 Å². The largest absolute Gasteiger partial charge is 0.506 e. The van der Waals surface area contributed by atoms with Gasteiger partial charge in [-0.2, -0.15) is 0 Å². The number of phenolic OH excluding ortho intramolecular Hbond substituents is 1. The molecule has 0 bridgehead atoms. The van der Waals surface area contributed by atoms with E-state index < -0.39 is 6.09 Å². The molecule has 1 amide bonds. The summed E-state index contributed by atoms with van der Waals surface area (Å²) in [5.41, 5.74) is 1.92. The molecule has 2 aromatic rings. The van der Waals surface area contributed by atoms with Gasteiger partial charge in [0.2, 0.25) is 0 Å². The Hall–Kier alpha value is -1.75. The molecule has 0 saturated heterocycles. The Labute approximate surface area is 154 Å². The number of phenols is 1. The summed E-state index contributed by atoms with van der Waals surface area (Å²) in [5.74, 6) is -0.349. The number of hydrogen-bond donors (Lipinski definition) is 2. The zero-order valence-electron chi connectivity index (χ0n) is 13.1. The molecule has 0 spiro atoms. The Balaban J connectivity index is 0.00000288. The van der Waals surface area contributed by atoms with Crippen molar-refractivity contribution in [3.8, 4) is 5.75 Å². The maximum atomic E-state index is 12.9. The molecule has 0 aliphatic carbocycles. The second-order valence-corrected chi connectivity index (χ2v) is 5.42. The van der Waals surface area contributed by atoms with E-state index in [1.54, 1.807) is 31.2 Å². The van der Waals surface area contributed by atoms with Gasteiger partial charge in [0.15, 0.2) is 0 Å². The first-order valence-electron chi connectivity index (χ1n) is 7.03. The Kier molecular flexibility index (Phi) is 8.06. The maximum Gasteiger partial charge on any atom is 0.411 e. The zero-order valence-corrected chi connectivity index (χ0v) is 15.6. The Morgan fingerprint density at radius 2 is 1.96 bits per heavy atom. The minimum atomic E-state index is -0.621. The number of nitrogens with one attached hydrogen (secondary N) is 1. The van der Waals surface area contributed by atoms with Gasteiger partial charge in [0, 0.05) is 36.9 Å². The van der Waals surface area contributed by atoms with Crippen molar-refractivity contribution in [1.82, 2.24) is 0 Å². The molecule has 1 unspecified atom stereocenters. The first-order chi connectivity index (χ1) is 11.0. The average molecular weight is 387 g/mol. The van der Waals surface area contributed by atoms with Gasteiger partial charge >= 0.3 is 6.09 Å². The minimum Gasteiger partial charge on any atom is -0.506 e. The Morgan fingerprint density at radius 3 is 2.54 bits per heavy atom. The van der Waals surface area contributed by atoms with Crippen molar-refractivity contribution in [3.63, 3.8) is 0 Å². The summed E-state index contributed by atoms with van der Waals surface area (Å²) in [6.07, 6.45) is -0.621. The second-order valence-electron chi connectivity index (χ2n) is 4.80. The number of carbonyl (C=O) groups is 1. The third-order valence-electron chi connectivity index (χ3n) is 3.09. The van der Waals surface area contributed by atoms with E-state index in [9.17, 15) is 14.3 Å². The molecule has 0 aliphatic rings. The van der Waals surface area contributed by atoms with E-state index in [1.807, 2.05) is 4.67 Å². The van der Waals surface area contributed by atoms with Gasteiger partial charge in [-0.15, -0.1) is 0 Å². The van der Waals surface area contributed by atoms with Gasteiger partial charge in [-0.1, -0.05) is 12.1 Å². The van der Waals surface area contributed by atoms with Crippen molar-refractivity contribution in [3.05, 3.63) is 53.8 Å². The number of hydrogen-bond acceptors (Lipinski definition) is 4. The SMILES string of the molecule is CCOC(=O)Nc1ccc(N(P)Cc2ccc(F)cc2)cc1O.[V]. The topological polar surface area (TPSA) is 61.8 Å². The molecule has 2 aromatic carbocycles. The summed E-state index contributed by atoms with van der Waals surface area (Å²) >= 11 is 0. The van der Waals surface area contributed by atoms with E-state index in [-0.39, 0.29) is 42.4 Å². The van der Waals surface area contributed by atoms with Crippen molar-refractivity contribution >= 4 is 26.9 Å². The van der Waals surface area contributed by atoms with Gasteiger partial charge in [0.1, 0.15) is 11.6 Å². The molecule has 0 saturated carbocycles. The Morgan fingerprint density at radius 1 is 1.29 bits per heavy atom. The molecule has 5 nitrogen and oxygen atoms in total. The number of aromatic hydroxyl groups is 1. The first-order valence-corrected chi connectivity index (χ1v) is 7.54. The van der Waals surface area contributed by atoms with E-state index in [4.69, 9.17) is 4.74 Å². The normalized spacial score (nSPS) is 9.79. The molecular weight excluding hydrogens is 369 g/mol. The van der Waals surface area contributed by atoms with Crippen LogP contribution in [0.4, 0.5) is 20.6 Å². The zero-order chi connectivity index (χ0) is 16.8. The molecule has 2 N–H and O–H groups in total. The monoisotopic (exact) mass is 387 g/mol. The fourth-order valence-electron chi connectivity index (χ4n) is 1.96. The van der Waals surface area contributed by atoms with Crippen LogP contribution in [0.1, 0.15) is 12.5 Å². The molecule has 0 heterocycles. The number of anilines is 2. The maximum absolute atomic E-state index is 12.9. The number of nitrogens with zero attached hydrogens (tertiary/aromatic N) is 1. The molecule has 8 heteroatoms. The van der Waals surface area contributed by atoms with Crippen LogP contribution >= 0.6 is 9.39 Å². The van der Waals surface area contributed by atoms with Gasteiger partial charge in [0.25, 0.3) is 0 Å². The number of benzene rings is 2. The van der Waals surface area contributed by atoms with Crippen LogP contribution in [0.3, 0.4) is 0 Å². The minimum absolute atomic E-state index is 0. The molecule has 24 heavy (non-hydrogen) atoms. The molecule has 0 aliphatic heterocycles. The van der Waals surface area contributed by atoms with Crippen LogP contribution < -0.4 is 9.99 Å². The third-order valence-corrected chi connectivity index (χ3v) is 3.57. The number of ether oxygens (including phenoxy) is 1. The molecule has 0 aromatic heterocycles.